The number of nitrogens with one attached hydrogen (secondary N) is 1. The molecule has 106 valence electrons. The van der Waals surface area contributed by atoms with Gasteiger partial charge in [0.1, 0.15) is 4.88 Å². The molecule has 2 heterocycles. The summed E-state index contributed by atoms with van der Waals surface area (Å²) in [7, 11) is 1.96. The summed E-state index contributed by atoms with van der Waals surface area (Å²) in [5, 5.41) is 7.22. The second kappa shape index (κ2) is 6.96. The van der Waals surface area contributed by atoms with Crippen molar-refractivity contribution >= 4 is 17.4 Å². The van der Waals surface area contributed by atoms with Crippen molar-refractivity contribution in [3.05, 3.63) is 10.6 Å². The van der Waals surface area contributed by atoms with Crippen molar-refractivity contribution < 1.29 is 4.79 Å². The zero-order valence-corrected chi connectivity index (χ0v) is 12.5. The number of aromatic nitrogens is 2. The maximum absolute atomic E-state index is 12.7. The van der Waals surface area contributed by atoms with Crippen LogP contribution in [0.3, 0.4) is 0 Å². The Balaban J connectivity index is 2.10. The molecule has 1 atom stereocenters. The molecule has 0 spiro atoms. The van der Waals surface area contributed by atoms with Crippen molar-refractivity contribution in [3.8, 4) is 0 Å². The van der Waals surface area contributed by atoms with Gasteiger partial charge in [-0.05, 0) is 57.2 Å². The highest BCUT2D eigenvalue weighted by atomic mass is 32.1. The minimum absolute atomic E-state index is 0.132. The SMILES string of the molecule is CCc1nnsc1C(=O)N1CCCCC1CCNC. The number of aryl methyl sites for hydroxylation is 1. The zero-order chi connectivity index (χ0) is 13.7. The highest BCUT2D eigenvalue weighted by Crippen LogP contribution is 2.24. The van der Waals surface area contributed by atoms with Gasteiger partial charge in [-0.2, -0.15) is 0 Å². The Kier molecular flexibility index (Phi) is 5.27. The number of carbonyl (C=O) groups excluding carboxylic acids is 1. The van der Waals surface area contributed by atoms with Gasteiger partial charge in [0.2, 0.25) is 0 Å². The molecule has 1 unspecified atom stereocenters. The average molecular weight is 282 g/mol. The van der Waals surface area contributed by atoms with Crippen LogP contribution >= 0.6 is 11.5 Å². The normalized spacial score (nSPS) is 19.7. The molecule has 19 heavy (non-hydrogen) atoms. The van der Waals surface area contributed by atoms with Crippen LogP contribution in [-0.2, 0) is 6.42 Å². The molecule has 0 aromatic carbocycles. The van der Waals surface area contributed by atoms with Gasteiger partial charge in [-0.15, -0.1) is 5.10 Å². The predicted molar refractivity (Wildman–Crippen MR) is 76.5 cm³/mol. The van der Waals surface area contributed by atoms with Crippen LogP contribution in [0.15, 0.2) is 0 Å². The van der Waals surface area contributed by atoms with E-state index in [1.807, 2.05) is 18.9 Å². The molecule has 0 radical (unpaired) electrons. The van der Waals surface area contributed by atoms with Gasteiger partial charge in [0, 0.05) is 12.6 Å². The van der Waals surface area contributed by atoms with Gasteiger partial charge in [0.15, 0.2) is 0 Å². The number of hydrogen-bond acceptors (Lipinski definition) is 5. The van der Waals surface area contributed by atoms with Gasteiger partial charge in [-0.1, -0.05) is 11.4 Å². The Morgan fingerprint density at radius 1 is 1.53 bits per heavy atom. The minimum atomic E-state index is 0.132. The fourth-order valence-corrected chi connectivity index (χ4v) is 3.32. The van der Waals surface area contributed by atoms with Crippen molar-refractivity contribution in [2.75, 3.05) is 20.1 Å². The summed E-state index contributed by atoms with van der Waals surface area (Å²) >= 11 is 1.23. The Morgan fingerprint density at radius 3 is 3.11 bits per heavy atom. The van der Waals surface area contributed by atoms with Crippen LogP contribution in [0, 0.1) is 0 Å². The quantitative estimate of drug-likeness (QED) is 0.893. The Morgan fingerprint density at radius 2 is 2.37 bits per heavy atom. The first-order valence-corrected chi connectivity index (χ1v) is 7.82. The third kappa shape index (κ3) is 3.30. The molecule has 0 bridgehead atoms. The summed E-state index contributed by atoms with van der Waals surface area (Å²) in [6.07, 6.45) is 5.23. The second-order valence-electron chi connectivity index (χ2n) is 4.94. The summed E-state index contributed by atoms with van der Waals surface area (Å²) in [6, 6.07) is 0.362. The summed E-state index contributed by atoms with van der Waals surface area (Å²) in [5.41, 5.74) is 0.841. The van der Waals surface area contributed by atoms with Crippen LogP contribution in [-0.4, -0.2) is 46.6 Å². The Labute approximate surface area is 118 Å². The number of nitrogens with zero attached hydrogens (tertiary/aromatic N) is 3. The van der Waals surface area contributed by atoms with Crippen LogP contribution in [0.4, 0.5) is 0 Å². The third-order valence-corrected chi connectivity index (χ3v) is 4.46. The molecular formula is C13H22N4OS. The van der Waals surface area contributed by atoms with E-state index in [1.54, 1.807) is 0 Å². The highest BCUT2D eigenvalue weighted by Gasteiger charge is 2.29. The van der Waals surface area contributed by atoms with Crippen LogP contribution in [0.2, 0.25) is 0 Å². The van der Waals surface area contributed by atoms with Gasteiger partial charge in [-0.25, -0.2) is 0 Å². The molecule has 1 aliphatic heterocycles. The van der Waals surface area contributed by atoms with Gasteiger partial charge < -0.3 is 10.2 Å². The van der Waals surface area contributed by atoms with Gasteiger partial charge in [-0.3, -0.25) is 4.79 Å². The van der Waals surface area contributed by atoms with Gasteiger partial charge in [0.25, 0.3) is 5.91 Å². The van der Waals surface area contributed by atoms with E-state index in [1.165, 1.54) is 18.0 Å². The fourth-order valence-electron chi connectivity index (χ4n) is 2.61. The molecule has 1 N–H and O–H groups in total. The van der Waals surface area contributed by atoms with E-state index in [2.05, 4.69) is 14.9 Å². The van der Waals surface area contributed by atoms with Crippen LogP contribution in [0.5, 0.6) is 0 Å². The van der Waals surface area contributed by atoms with E-state index in [9.17, 15) is 4.79 Å². The molecular weight excluding hydrogens is 260 g/mol. The number of hydrogen-bond donors (Lipinski definition) is 1. The molecule has 0 saturated carbocycles. The van der Waals surface area contributed by atoms with E-state index in [-0.39, 0.29) is 5.91 Å². The Bertz CT molecular complexity index is 421. The second-order valence-corrected chi connectivity index (χ2v) is 5.70. The van der Waals surface area contributed by atoms with Crippen LogP contribution in [0.1, 0.15) is 48.0 Å². The number of carbonyl (C=O) groups is 1. The molecule has 1 aliphatic rings. The predicted octanol–water partition coefficient (Wildman–Crippen LogP) is 1.70. The third-order valence-electron chi connectivity index (χ3n) is 3.70. The molecule has 6 heteroatoms. The van der Waals surface area contributed by atoms with E-state index in [0.717, 1.165) is 49.3 Å². The van der Waals surface area contributed by atoms with E-state index in [4.69, 9.17) is 0 Å². The van der Waals surface area contributed by atoms with Crippen molar-refractivity contribution in [3.63, 3.8) is 0 Å². The lowest BCUT2D eigenvalue weighted by Crippen LogP contribution is -2.44. The average Bonchev–Trinajstić information content (AvgIpc) is 2.93. The zero-order valence-electron chi connectivity index (χ0n) is 11.7. The lowest BCUT2D eigenvalue weighted by molar-refractivity contribution is 0.0606. The summed E-state index contributed by atoms with van der Waals surface area (Å²) < 4.78 is 3.93. The molecule has 1 amide bonds. The monoisotopic (exact) mass is 282 g/mol. The summed E-state index contributed by atoms with van der Waals surface area (Å²) in [6.45, 7) is 3.84. The highest BCUT2D eigenvalue weighted by molar-refractivity contribution is 7.08. The number of amides is 1. The smallest absolute Gasteiger partial charge is 0.267 e. The number of rotatable bonds is 5. The maximum atomic E-state index is 12.7. The van der Waals surface area contributed by atoms with Crippen molar-refractivity contribution in [2.24, 2.45) is 0 Å². The van der Waals surface area contributed by atoms with Crippen molar-refractivity contribution in [2.45, 2.75) is 45.1 Å². The standard InChI is InChI=1S/C13H22N4OS/c1-3-11-12(19-16-15-11)13(18)17-9-5-4-6-10(17)7-8-14-2/h10,14H,3-9H2,1-2H3. The lowest BCUT2D eigenvalue weighted by Gasteiger charge is -2.35. The van der Waals surface area contributed by atoms with Gasteiger partial charge in [0.05, 0.1) is 5.69 Å². The van der Waals surface area contributed by atoms with Crippen molar-refractivity contribution in [1.29, 1.82) is 0 Å². The van der Waals surface area contributed by atoms with Crippen LogP contribution in [0.25, 0.3) is 0 Å². The first-order valence-electron chi connectivity index (χ1n) is 7.04. The summed E-state index contributed by atoms with van der Waals surface area (Å²) in [4.78, 5) is 15.4. The molecule has 1 aromatic rings. The largest absolute Gasteiger partial charge is 0.335 e. The number of piperidine rings is 1. The Hall–Kier alpha value is -1.01. The van der Waals surface area contributed by atoms with Crippen molar-refractivity contribution in [1.82, 2.24) is 19.8 Å². The molecule has 0 aliphatic carbocycles. The first kappa shape index (κ1) is 14.4. The fraction of sp³-hybridized carbons (Fsp3) is 0.769. The van der Waals surface area contributed by atoms with Gasteiger partial charge >= 0.3 is 0 Å². The first-order chi connectivity index (χ1) is 9.27. The van der Waals surface area contributed by atoms with Crippen LogP contribution < -0.4 is 5.32 Å². The summed E-state index contributed by atoms with van der Waals surface area (Å²) in [5.74, 6) is 0.132. The molecule has 1 aromatic heterocycles. The molecule has 5 nitrogen and oxygen atoms in total. The molecule has 2 rings (SSSR count). The lowest BCUT2D eigenvalue weighted by atomic mass is 9.99. The maximum Gasteiger partial charge on any atom is 0.267 e. The molecule has 1 fully saturated rings. The topological polar surface area (TPSA) is 58.1 Å². The molecule has 1 saturated heterocycles. The van der Waals surface area contributed by atoms with E-state index < -0.39 is 0 Å². The van der Waals surface area contributed by atoms with E-state index in [0.29, 0.717) is 6.04 Å². The van der Waals surface area contributed by atoms with E-state index >= 15 is 0 Å². The minimum Gasteiger partial charge on any atom is -0.335 e. The number of likely N-dealkylation sites (tertiary alicyclic amines) is 1.